The van der Waals surface area contributed by atoms with Crippen molar-refractivity contribution in [2.75, 3.05) is 26.7 Å². The molecule has 4 aromatic rings. The highest BCUT2D eigenvalue weighted by Crippen LogP contribution is 2.44. The molecule has 3 heterocycles. The lowest BCUT2D eigenvalue weighted by Crippen LogP contribution is -2.53. The van der Waals surface area contributed by atoms with Gasteiger partial charge in [-0.3, -0.25) is 15.0 Å². The first kappa shape index (κ1) is 34.6. The molecule has 262 valence electrons. The van der Waals surface area contributed by atoms with Gasteiger partial charge in [0.1, 0.15) is 6.10 Å². The minimum absolute atomic E-state index is 0.0629. The summed E-state index contributed by atoms with van der Waals surface area (Å²) in [4.78, 5) is 12.4. The molecule has 0 amide bonds. The van der Waals surface area contributed by atoms with E-state index in [2.05, 4.69) is 0 Å². The number of rotatable bonds is 12. The Bertz CT molecular complexity index is 1790. The van der Waals surface area contributed by atoms with Crippen LogP contribution in [0.1, 0.15) is 42.9 Å². The normalized spacial score (nSPS) is 20.1. The maximum absolute atomic E-state index is 15.2. The van der Waals surface area contributed by atoms with Crippen LogP contribution < -0.4 is 9.47 Å². The van der Waals surface area contributed by atoms with Gasteiger partial charge in [0.15, 0.2) is 29.9 Å². The number of nitro benzene ring substituents is 1. The molecule has 1 unspecified atom stereocenters. The number of alkyl halides is 3. The summed E-state index contributed by atoms with van der Waals surface area (Å²) >= 11 is 0. The smallest absolute Gasteiger partial charge is 0.422 e. The quantitative estimate of drug-likeness (QED) is 0.0998. The Hall–Kier alpha value is -4.24. The van der Waals surface area contributed by atoms with Gasteiger partial charge in [-0.15, -0.1) is 0 Å². The van der Waals surface area contributed by atoms with E-state index in [9.17, 15) is 28.4 Å². The van der Waals surface area contributed by atoms with Gasteiger partial charge in [-0.2, -0.15) is 13.2 Å². The number of ether oxygens (including phenoxy) is 4. The van der Waals surface area contributed by atoms with E-state index in [-0.39, 0.29) is 73.1 Å². The number of halogens is 4. The second kappa shape index (κ2) is 13.9. The molecule has 2 aliphatic heterocycles. The number of nitrogens with zero attached hydrogens (tertiary/aromatic N) is 3. The van der Waals surface area contributed by atoms with Crippen molar-refractivity contribution in [3.63, 3.8) is 0 Å². The Labute approximate surface area is 279 Å². The number of non-ortho nitro benzene ring substituents is 1. The summed E-state index contributed by atoms with van der Waals surface area (Å²) in [6.07, 6.45) is -3.36. The number of piperidine rings is 1. The van der Waals surface area contributed by atoms with Gasteiger partial charge in [-0.25, -0.2) is 4.39 Å². The summed E-state index contributed by atoms with van der Waals surface area (Å²) in [5.41, 5.74) is -2.32. The minimum Gasteiger partial charge on any atom is -0.493 e. The van der Waals surface area contributed by atoms with Crippen LogP contribution in [0.2, 0.25) is 0 Å². The zero-order chi connectivity index (χ0) is 34.9. The molecule has 0 saturated carbocycles. The van der Waals surface area contributed by atoms with Crippen molar-refractivity contribution in [3.8, 4) is 11.5 Å². The lowest BCUT2D eigenvalue weighted by atomic mass is 9.91. The second-order valence-corrected chi connectivity index (χ2v) is 12.5. The van der Waals surface area contributed by atoms with Gasteiger partial charge in [0.2, 0.25) is 5.60 Å². The molecule has 2 fully saturated rings. The molecular formula is C35H37F4N3O7. The summed E-state index contributed by atoms with van der Waals surface area (Å²) in [6, 6.07) is 15.6. The van der Waals surface area contributed by atoms with Crippen molar-refractivity contribution < 1.29 is 46.5 Å². The summed E-state index contributed by atoms with van der Waals surface area (Å²) in [7, 11) is 1.40. The van der Waals surface area contributed by atoms with Crippen LogP contribution in [0.5, 0.6) is 11.5 Å². The van der Waals surface area contributed by atoms with E-state index in [1.165, 1.54) is 41.0 Å². The van der Waals surface area contributed by atoms with Gasteiger partial charge in [0.25, 0.3) is 5.69 Å². The summed E-state index contributed by atoms with van der Waals surface area (Å²) in [5, 5.41) is 23.1. The zero-order valence-electron chi connectivity index (χ0n) is 27.0. The fourth-order valence-corrected chi connectivity index (χ4v) is 6.53. The summed E-state index contributed by atoms with van der Waals surface area (Å²) < 4.78 is 83.6. The number of β-amino-alcohol motifs (C(OH)–C–C–N with tert-alkyl or cyclic N) is 1. The molecule has 49 heavy (non-hydrogen) atoms. The number of aliphatic hydroxyl groups is 1. The average Bonchev–Trinajstić information content (AvgIpc) is 3.42. The molecule has 14 heteroatoms. The monoisotopic (exact) mass is 687 g/mol. The molecule has 1 N–H and O–H groups in total. The number of nitro groups is 1. The number of aryl methyl sites for hydroxylation is 1. The van der Waals surface area contributed by atoms with Crippen LogP contribution in [0.4, 0.5) is 23.2 Å². The van der Waals surface area contributed by atoms with Crippen molar-refractivity contribution in [2.24, 2.45) is 0 Å². The van der Waals surface area contributed by atoms with Gasteiger partial charge < -0.3 is 28.6 Å². The van der Waals surface area contributed by atoms with Crippen LogP contribution in [0.15, 0.2) is 66.9 Å². The highest BCUT2D eigenvalue weighted by molar-refractivity contribution is 5.87. The van der Waals surface area contributed by atoms with E-state index in [1.54, 1.807) is 43.3 Å². The van der Waals surface area contributed by atoms with Gasteiger partial charge in [-0.05, 0) is 55.5 Å². The lowest BCUT2D eigenvalue weighted by Gasteiger charge is -2.39. The Kier molecular flexibility index (Phi) is 9.85. The van der Waals surface area contributed by atoms with Crippen molar-refractivity contribution in [2.45, 2.75) is 69.6 Å². The number of likely N-dealkylation sites (tertiary alicyclic amines) is 1. The zero-order valence-corrected chi connectivity index (χ0v) is 27.0. The second-order valence-electron chi connectivity index (χ2n) is 12.5. The first-order chi connectivity index (χ1) is 23.3. The van der Waals surface area contributed by atoms with Crippen LogP contribution in [0.3, 0.4) is 0 Å². The van der Waals surface area contributed by atoms with Crippen molar-refractivity contribution in [1.29, 1.82) is 0 Å². The number of benzene rings is 3. The van der Waals surface area contributed by atoms with Crippen molar-refractivity contribution in [3.05, 3.63) is 99.5 Å². The Morgan fingerprint density at radius 3 is 2.39 bits per heavy atom. The minimum atomic E-state index is -5.08. The number of hydrogen-bond donors (Lipinski definition) is 1. The first-order valence-corrected chi connectivity index (χ1v) is 16.0. The van der Waals surface area contributed by atoms with E-state index < -0.39 is 40.7 Å². The van der Waals surface area contributed by atoms with Crippen LogP contribution in [0, 0.1) is 15.9 Å². The fraction of sp³-hybridized carbons (Fsp3) is 0.429. The van der Waals surface area contributed by atoms with Crippen LogP contribution in [0.25, 0.3) is 10.9 Å². The highest BCUT2D eigenvalue weighted by Gasteiger charge is 2.57. The molecule has 2 aliphatic rings. The van der Waals surface area contributed by atoms with Crippen LogP contribution in [-0.4, -0.2) is 71.1 Å². The molecule has 6 rings (SSSR count). The van der Waals surface area contributed by atoms with Gasteiger partial charge in [0, 0.05) is 61.9 Å². The maximum atomic E-state index is 15.2. The van der Waals surface area contributed by atoms with Gasteiger partial charge in [0.05, 0.1) is 17.5 Å². The predicted octanol–water partition coefficient (Wildman–Crippen LogP) is 6.69. The van der Waals surface area contributed by atoms with Crippen LogP contribution in [-0.2, 0) is 28.0 Å². The third-order valence-corrected chi connectivity index (χ3v) is 9.10. The molecular weight excluding hydrogens is 650 g/mol. The summed E-state index contributed by atoms with van der Waals surface area (Å²) in [6.45, 7) is 1.43. The molecule has 0 radical (unpaired) electrons. The number of hydrogen-bond acceptors (Lipinski definition) is 8. The summed E-state index contributed by atoms with van der Waals surface area (Å²) in [5.74, 6) is -0.472. The van der Waals surface area contributed by atoms with Gasteiger partial charge in [-0.1, -0.05) is 30.3 Å². The first-order valence-electron chi connectivity index (χ1n) is 16.0. The number of methoxy groups -OCH3 is 1. The molecule has 10 nitrogen and oxygen atoms in total. The van der Waals surface area contributed by atoms with Crippen LogP contribution >= 0.6 is 0 Å². The van der Waals surface area contributed by atoms with E-state index in [4.69, 9.17) is 18.9 Å². The van der Waals surface area contributed by atoms with E-state index in [1.807, 2.05) is 0 Å². The molecule has 0 spiro atoms. The van der Waals surface area contributed by atoms with Gasteiger partial charge >= 0.3 is 6.18 Å². The van der Waals surface area contributed by atoms with Crippen molar-refractivity contribution >= 4 is 16.6 Å². The molecule has 0 bridgehead atoms. The third-order valence-electron chi connectivity index (χ3n) is 9.10. The topological polar surface area (TPSA) is 108 Å². The number of aromatic nitrogens is 1. The molecule has 0 aliphatic carbocycles. The molecule has 3 aromatic carbocycles. The average molecular weight is 688 g/mol. The Morgan fingerprint density at radius 2 is 1.76 bits per heavy atom. The van der Waals surface area contributed by atoms with E-state index >= 15 is 4.39 Å². The standard InChI is InChI=1S/C35H37F4N3O7/c1-22-47-32(48-22)11-8-24-16-29(36)33(31(17-24)46-2)49-26-12-14-40(15-13-26)21-34(43,35(37,38)39)28-20-41(19-23-6-4-3-5-7-23)30-18-25(42(44)45)9-10-27(28)30/h3-7,9-10,16-18,20,22,26,32,43H,8,11-15,19,21H2,1-2H3. The Morgan fingerprint density at radius 1 is 1.04 bits per heavy atom. The number of fused-ring (bicyclic) bond motifs is 1. The third kappa shape index (κ3) is 7.37. The fourth-order valence-electron chi connectivity index (χ4n) is 6.53. The van der Waals surface area contributed by atoms with Crippen molar-refractivity contribution in [1.82, 2.24) is 9.47 Å². The highest BCUT2D eigenvalue weighted by atomic mass is 19.4. The largest absolute Gasteiger partial charge is 0.493 e. The SMILES string of the molecule is COc1cc(CCC2OC(C)O2)cc(F)c1OC1CCN(CC(O)(c2cn(Cc3ccccc3)c3cc([N+](=O)[O-])ccc23)C(F)(F)F)CC1. The lowest BCUT2D eigenvalue weighted by molar-refractivity contribution is -0.384. The predicted molar refractivity (Wildman–Crippen MR) is 171 cm³/mol. The molecule has 1 aromatic heterocycles. The molecule has 1 atom stereocenters. The maximum Gasteiger partial charge on any atom is 0.422 e. The van der Waals surface area contributed by atoms with E-state index in [0.29, 0.717) is 18.4 Å². The van der Waals surface area contributed by atoms with E-state index in [0.717, 1.165) is 11.6 Å². The molecule has 2 saturated heterocycles. The Balaban J connectivity index is 1.18.